The van der Waals surface area contributed by atoms with Crippen molar-refractivity contribution in [3.63, 3.8) is 0 Å². The quantitative estimate of drug-likeness (QED) is 0.319. The Bertz CT molecular complexity index is 231. The summed E-state index contributed by atoms with van der Waals surface area (Å²) in [5.74, 6) is 0. The lowest BCUT2D eigenvalue weighted by atomic mass is 10.1. The summed E-state index contributed by atoms with van der Waals surface area (Å²) in [5, 5.41) is 18.2. The van der Waals surface area contributed by atoms with Crippen molar-refractivity contribution in [2.45, 2.75) is 70.8 Å². The van der Waals surface area contributed by atoms with E-state index in [1.807, 2.05) is 12.2 Å². The molecule has 0 fully saturated rings. The van der Waals surface area contributed by atoms with Crippen molar-refractivity contribution in [3.05, 3.63) is 12.2 Å². The molecule has 0 aliphatic heterocycles. The first kappa shape index (κ1) is 21.6. The van der Waals surface area contributed by atoms with Crippen molar-refractivity contribution in [2.24, 2.45) is 0 Å². The fourth-order valence-corrected chi connectivity index (χ4v) is 2.19. The van der Waals surface area contributed by atoms with Gasteiger partial charge in [0.05, 0.1) is 39.1 Å². The number of hydrogen-bond donors (Lipinski definition) is 2. The molecule has 0 saturated carbocycles. The normalized spacial score (nSPS) is 13.0. The van der Waals surface area contributed by atoms with Gasteiger partial charge < -0.3 is 19.7 Å². The van der Waals surface area contributed by atoms with Gasteiger partial charge in [-0.2, -0.15) is 0 Å². The second-order valence-electron chi connectivity index (χ2n) is 5.67. The van der Waals surface area contributed by atoms with Crippen LogP contribution in [0.25, 0.3) is 0 Å². The van der Waals surface area contributed by atoms with Crippen molar-refractivity contribution in [1.29, 1.82) is 0 Å². The first-order valence-corrected chi connectivity index (χ1v) is 8.92. The summed E-state index contributed by atoms with van der Waals surface area (Å²) in [7, 11) is 0. The predicted octanol–water partition coefficient (Wildman–Crippen LogP) is 3.46. The van der Waals surface area contributed by atoms with E-state index in [0.717, 1.165) is 6.42 Å². The summed E-state index contributed by atoms with van der Waals surface area (Å²) >= 11 is 0. The SMILES string of the molecule is CCCCCCCCCC/C=C/C(O)COCCOCCO. The van der Waals surface area contributed by atoms with Gasteiger partial charge in [-0.15, -0.1) is 0 Å². The van der Waals surface area contributed by atoms with E-state index in [4.69, 9.17) is 14.6 Å². The summed E-state index contributed by atoms with van der Waals surface area (Å²) in [6.45, 7) is 3.82. The van der Waals surface area contributed by atoms with E-state index in [9.17, 15) is 5.11 Å². The molecule has 0 rings (SSSR count). The molecule has 0 aromatic carbocycles. The van der Waals surface area contributed by atoms with Crippen LogP contribution in [0.4, 0.5) is 0 Å². The Balaban J connectivity index is 3.23. The van der Waals surface area contributed by atoms with E-state index >= 15 is 0 Å². The molecule has 2 N–H and O–H groups in total. The van der Waals surface area contributed by atoms with Crippen molar-refractivity contribution in [3.8, 4) is 0 Å². The number of allylic oxidation sites excluding steroid dienone is 1. The molecular formula is C18H36O4. The van der Waals surface area contributed by atoms with Gasteiger partial charge in [-0.3, -0.25) is 0 Å². The highest BCUT2D eigenvalue weighted by Gasteiger charge is 1.98. The molecule has 0 radical (unpaired) electrons. The standard InChI is InChI=1S/C18H36O4/c1-2-3-4-5-6-7-8-9-10-11-12-18(20)17-22-16-15-21-14-13-19/h11-12,18-20H,2-10,13-17H2,1H3/b12-11+. The summed E-state index contributed by atoms with van der Waals surface area (Å²) < 4.78 is 10.3. The monoisotopic (exact) mass is 316 g/mol. The van der Waals surface area contributed by atoms with Crippen molar-refractivity contribution < 1.29 is 19.7 Å². The largest absolute Gasteiger partial charge is 0.394 e. The summed E-state index contributed by atoms with van der Waals surface area (Å²) in [5.41, 5.74) is 0. The van der Waals surface area contributed by atoms with E-state index < -0.39 is 6.10 Å². The lowest BCUT2D eigenvalue weighted by molar-refractivity contribution is 0.00917. The molecule has 22 heavy (non-hydrogen) atoms. The minimum Gasteiger partial charge on any atom is -0.394 e. The van der Waals surface area contributed by atoms with Gasteiger partial charge in [0, 0.05) is 0 Å². The molecule has 0 spiro atoms. The van der Waals surface area contributed by atoms with Crippen LogP contribution >= 0.6 is 0 Å². The number of rotatable bonds is 17. The van der Waals surface area contributed by atoms with E-state index in [0.29, 0.717) is 26.4 Å². The lowest BCUT2D eigenvalue weighted by Gasteiger charge is -2.07. The fraction of sp³-hybridized carbons (Fsp3) is 0.889. The topological polar surface area (TPSA) is 58.9 Å². The van der Waals surface area contributed by atoms with Crippen LogP contribution in [-0.4, -0.2) is 49.4 Å². The van der Waals surface area contributed by atoms with Crippen LogP contribution in [-0.2, 0) is 9.47 Å². The van der Waals surface area contributed by atoms with Crippen LogP contribution in [0.3, 0.4) is 0 Å². The number of aliphatic hydroxyl groups excluding tert-OH is 2. The zero-order chi connectivity index (χ0) is 16.3. The minimum absolute atomic E-state index is 0.0318. The lowest BCUT2D eigenvalue weighted by Crippen LogP contribution is -2.15. The highest BCUT2D eigenvalue weighted by Crippen LogP contribution is 2.09. The maximum absolute atomic E-state index is 9.68. The molecule has 0 aliphatic carbocycles. The number of ether oxygens (including phenoxy) is 2. The summed E-state index contributed by atoms with van der Waals surface area (Å²) in [6.07, 6.45) is 15.0. The zero-order valence-corrected chi connectivity index (χ0v) is 14.3. The molecule has 4 nitrogen and oxygen atoms in total. The Labute approximate surface area is 136 Å². The smallest absolute Gasteiger partial charge is 0.0954 e. The first-order chi connectivity index (χ1) is 10.8. The van der Waals surface area contributed by atoms with Crippen LogP contribution in [0.15, 0.2) is 12.2 Å². The third kappa shape index (κ3) is 17.6. The molecule has 132 valence electrons. The molecule has 4 heteroatoms. The van der Waals surface area contributed by atoms with Crippen LogP contribution in [0, 0.1) is 0 Å². The molecule has 1 atom stereocenters. The van der Waals surface area contributed by atoms with Gasteiger partial charge in [-0.05, 0) is 12.8 Å². The highest BCUT2D eigenvalue weighted by atomic mass is 16.5. The second-order valence-corrected chi connectivity index (χ2v) is 5.67. The van der Waals surface area contributed by atoms with Crippen LogP contribution in [0.2, 0.25) is 0 Å². The van der Waals surface area contributed by atoms with Gasteiger partial charge in [0.15, 0.2) is 0 Å². The first-order valence-electron chi connectivity index (χ1n) is 8.92. The molecule has 0 aromatic heterocycles. The molecule has 0 amide bonds. The van der Waals surface area contributed by atoms with Gasteiger partial charge in [-0.1, -0.05) is 64.0 Å². The predicted molar refractivity (Wildman–Crippen MR) is 91.1 cm³/mol. The minimum atomic E-state index is -0.535. The average Bonchev–Trinajstić information content (AvgIpc) is 2.52. The van der Waals surface area contributed by atoms with Gasteiger partial charge in [-0.25, -0.2) is 0 Å². The zero-order valence-electron chi connectivity index (χ0n) is 14.3. The van der Waals surface area contributed by atoms with Crippen LogP contribution < -0.4 is 0 Å². The van der Waals surface area contributed by atoms with Crippen molar-refractivity contribution >= 4 is 0 Å². The van der Waals surface area contributed by atoms with E-state index in [1.165, 1.54) is 51.4 Å². The van der Waals surface area contributed by atoms with Gasteiger partial charge in [0.2, 0.25) is 0 Å². The van der Waals surface area contributed by atoms with E-state index in [2.05, 4.69) is 6.92 Å². The maximum Gasteiger partial charge on any atom is 0.0954 e. The van der Waals surface area contributed by atoms with Crippen molar-refractivity contribution in [2.75, 3.05) is 33.0 Å². The average molecular weight is 316 g/mol. The number of unbranched alkanes of at least 4 members (excludes halogenated alkanes) is 8. The van der Waals surface area contributed by atoms with Crippen LogP contribution in [0.1, 0.15) is 64.7 Å². The third-order valence-electron chi connectivity index (χ3n) is 3.48. The fourth-order valence-electron chi connectivity index (χ4n) is 2.19. The molecule has 0 saturated heterocycles. The summed E-state index contributed by atoms with van der Waals surface area (Å²) in [4.78, 5) is 0. The molecule has 0 heterocycles. The van der Waals surface area contributed by atoms with Gasteiger partial charge >= 0.3 is 0 Å². The van der Waals surface area contributed by atoms with Crippen LogP contribution in [0.5, 0.6) is 0 Å². The summed E-state index contributed by atoms with van der Waals surface area (Å²) in [6, 6.07) is 0. The highest BCUT2D eigenvalue weighted by molar-refractivity contribution is 4.88. The van der Waals surface area contributed by atoms with Gasteiger partial charge in [0.1, 0.15) is 0 Å². The Kier molecular flexibility index (Phi) is 18.3. The Morgan fingerprint density at radius 2 is 1.50 bits per heavy atom. The number of aliphatic hydroxyl groups is 2. The number of hydrogen-bond acceptors (Lipinski definition) is 4. The van der Waals surface area contributed by atoms with Gasteiger partial charge in [0.25, 0.3) is 0 Å². The molecule has 0 aliphatic rings. The van der Waals surface area contributed by atoms with E-state index in [-0.39, 0.29) is 6.61 Å². The molecule has 1 unspecified atom stereocenters. The Hall–Kier alpha value is -0.420. The third-order valence-corrected chi connectivity index (χ3v) is 3.48. The molecule has 0 aromatic rings. The van der Waals surface area contributed by atoms with Crippen molar-refractivity contribution in [1.82, 2.24) is 0 Å². The maximum atomic E-state index is 9.68. The molecular weight excluding hydrogens is 280 g/mol. The Morgan fingerprint density at radius 3 is 2.18 bits per heavy atom. The van der Waals surface area contributed by atoms with E-state index in [1.54, 1.807) is 0 Å². The second kappa shape index (κ2) is 18.6. The molecule has 0 bridgehead atoms. The Morgan fingerprint density at radius 1 is 0.864 bits per heavy atom.